The van der Waals surface area contributed by atoms with Crippen LogP contribution in [0.2, 0.25) is 10.0 Å². The molecule has 0 spiro atoms. The Bertz CT molecular complexity index is 1410. The van der Waals surface area contributed by atoms with E-state index in [1.807, 2.05) is 19.1 Å². The number of carbonyl (C=O) groups is 3. The van der Waals surface area contributed by atoms with Crippen LogP contribution in [0.15, 0.2) is 72.8 Å². The fourth-order valence-corrected chi connectivity index (χ4v) is 3.87. The van der Waals surface area contributed by atoms with Crippen LogP contribution in [0.4, 0.5) is 11.4 Å². The van der Waals surface area contributed by atoms with Gasteiger partial charge in [0.05, 0.1) is 16.2 Å². The molecule has 3 N–H and O–H groups in total. The second-order valence-corrected chi connectivity index (χ2v) is 8.25. The summed E-state index contributed by atoms with van der Waals surface area (Å²) in [6, 6.07) is 20.5. The summed E-state index contributed by atoms with van der Waals surface area (Å²) < 4.78 is 1.26. The van der Waals surface area contributed by atoms with Crippen molar-refractivity contribution in [3.05, 3.63) is 94.1 Å². The first kappa shape index (κ1) is 23.4. The Morgan fingerprint density at radius 2 is 1.53 bits per heavy atom. The van der Waals surface area contributed by atoms with E-state index in [4.69, 9.17) is 23.2 Å². The molecule has 0 unspecified atom stereocenters. The van der Waals surface area contributed by atoms with Gasteiger partial charge in [-0.25, -0.2) is 4.68 Å². The fourth-order valence-electron chi connectivity index (χ4n) is 3.50. The molecule has 172 valence electrons. The number of aromatic nitrogens is 1. The first-order valence-corrected chi connectivity index (χ1v) is 11.2. The molecule has 0 bridgehead atoms. The number of nitrogens with one attached hydrogen (secondary N) is 3. The summed E-state index contributed by atoms with van der Waals surface area (Å²) in [5, 5.41) is 6.77. The van der Waals surface area contributed by atoms with Crippen LogP contribution < -0.4 is 16.1 Å². The molecule has 0 radical (unpaired) electrons. The summed E-state index contributed by atoms with van der Waals surface area (Å²) in [4.78, 5) is 38.5. The topological polar surface area (TPSA) is 92.2 Å². The maximum absolute atomic E-state index is 13.1. The van der Waals surface area contributed by atoms with E-state index < -0.39 is 17.7 Å². The molecule has 0 aliphatic heterocycles. The van der Waals surface area contributed by atoms with Crippen molar-refractivity contribution >= 4 is 63.2 Å². The van der Waals surface area contributed by atoms with Gasteiger partial charge in [-0.05, 0) is 54.4 Å². The van der Waals surface area contributed by atoms with Crippen LogP contribution >= 0.6 is 23.2 Å². The largest absolute Gasteiger partial charge is 0.328 e. The number of benzene rings is 3. The van der Waals surface area contributed by atoms with Crippen molar-refractivity contribution in [1.82, 2.24) is 4.68 Å². The van der Waals surface area contributed by atoms with E-state index in [0.29, 0.717) is 38.7 Å². The lowest BCUT2D eigenvalue weighted by molar-refractivity contribution is -0.133. The summed E-state index contributed by atoms with van der Waals surface area (Å²) >= 11 is 12.3. The van der Waals surface area contributed by atoms with Crippen molar-refractivity contribution in [2.45, 2.75) is 13.3 Å². The average molecular weight is 495 g/mol. The van der Waals surface area contributed by atoms with E-state index in [2.05, 4.69) is 16.1 Å². The molecule has 1 heterocycles. The maximum Gasteiger partial charge on any atom is 0.328 e. The normalized spacial score (nSPS) is 10.7. The molecule has 3 amide bonds. The fraction of sp³-hybridized carbons (Fsp3) is 0.0800. The molecule has 34 heavy (non-hydrogen) atoms. The van der Waals surface area contributed by atoms with Gasteiger partial charge in [0.25, 0.3) is 5.91 Å². The van der Waals surface area contributed by atoms with Crippen LogP contribution in [0.1, 0.15) is 23.0 Å². The van der Waals surface area contributed by atoms with Gasteiger partial charge in [-0.3, -0.25) is 19.8 Å². The van der Waals surface area contributed by atoms with Crippen molar-refractivity contribution in [2.24, 2.45) is 0 Å². The second-order valence-electron chi connectivity index (χ2n) is 7.41. The van der Waals surface area contributed by atoms with E-state index in [9.17, 15) is 14.4 Å². The Morgan fingerprint density at radius 3 is 2.26 bits per heavy atom. The number of halogens is 2. The summed E-state index contributed by atoms with van der Waals surface area (Å²) in [5.41, 5.74) is 4.95. The number of carbonyl (C=O) groups excluding carboxylic acids is 3. The number of anilines is 2. The van der Waals surface area contributed by atoms with Crippen LogP contribution in [0, 0.1) is 0 Å². The lowest BCUT2D eigenvalue weighted by Gasteiger charge is -2.14. The summed E-state index contributed by atoms with van der Waals surface area (Å²) in [6.07, 6.45) is 0.688. The highest BCUT2D eigenvalue weighted by Gasteiger charge is 2.22. The summed E-state index contributed by atoms with van der Waals surface area (Å²) in [5.74, 6) is -2.34. The predicted octanol–water partition coefficient (Wildman–Crippen LogP) is 5.47. The zero-order valence-electron chi connectivity index (χ0n) is 18.1. The first-order valence-electron chi connectivity index (χ1n) is 10.4. The minimum atomic E-state index is -0.940. The summed E-state index contributed by atoms with van der Waals surface area (Å²) in [7, 11) is 0. The standard InChI is InChI=1S/C25H20Cl2N4O3/c1-2-15-7-3-5-9-19(15)28-24(33)25(34)30-31-21-12-11-17(26)13-16(21)14-22(31)23(32)29-20-10-6-4-8-18(20)27/h3-14H,2H2,1H3,(H,28,33)(H,29,32)(H,30,34). The van der Waals surface area contributed by atoms with Crippen molar-refractivity contribution in [2.75, 3.05) is 16.1 Å². The van der Waals surface area contributed by atoms with Crippen LogP contribution in [-0.4, -0.2) is 22.4 Å². The van der Waals surface area contributed by atoms with Crippen LogP contribution in [0.3, 0.4) is 0 Å². The molecule has 0 saturated carbocycles. The Balaban J connectivity index is 1.64. The molecular weight excluding hydrogens is 475 g/mol. The number of fused-ring (bicyclic) bond motifs is 1. The smallest absolute Gasteiger partial charge is 0.319 e. The van der Waals surface area contributed by atoms with E-state index in [0.717, 1.165) is 5.56 Å². The lowest BCUT2D eigenvalue weighted by Crippen LogP contribution is -2.36. The zero-order valence-corrected chi connectivity index (χ0v) is 19.6. The number of hydrogen-bond acceptors (Lipinski definition) is 3. The van der Waals surface area contributed by atoms with Gasteiger partial charge in [-0.15, -0.1) is 0 Å². The van der Waals surface area contributed by atoms with Gasteiger partial charge in [0, 0.05) is 16.1 Å². The van der Waals surface area contributed by atoms with Crippen LogP contribution in [0.5, 0.6) is 0 Å². The molecule has 9 heteroatoms. The van der Waals surface area contributed by atoms with Gasteiger partial charge in [0.1, 0.15) is 5.69 Å². The Kier molecular flexibility index (Phi) is 6.86. The first-order chi connectivity index (χ1) is 16.4. The molecule has 0 atom stereocenters. The Morgan fingerprint density at radius 1 is 0.824 bits per heavy atom. The average Bonchev–Trinajstić information content (AvgIpc) is 3.18. The van der Waals surface area contributed by atoms with Crippen molar-refractivity contribution < 1.29 is 14.4 Å². The van der Waals surface area contributed by atoms with Crippen LogP contribution in [-0.2, 0) is 16.0 Å². The minimum Gasteiger partial charge on any atom is -0.319 e. The van der Waals surface area contributed by atoms with Gasteiger partial charge >= 0.3 is 11.8 Å². The highest BCUT2D eigenvalue weighted by atomic mass is 35.5. The monoisotopic (exact) mass is 494 g/mol. The number of hydrogen-bond donors (Lipinski definition) is 3. The molecule has 0 aliphatic rings. The van der Waals surface area contributed by atoms with Gasteiger partial charge in [0.15, 0.2) is 0 Å². The molecule has 7 nitrogen and oxygen atoms in total. The zero-order chi connectivity index (χ0) is 24.2. The number of aryl methyl sites for hydroxylation is 1. The van der Waals surface area contributed by atoms with E-state index in [1.165, 1.54) is 4.68 Å². The third-order valence-corrected chi connectivity index (χ3v) is 5.75. The number of rotatable bonds is 5. The van der Waals surface area contributed by atoms with Gasteiger partial charge in [-0.2, -0.15) is 0 Å². The highest BCUT2D eigenvalue weighted by molar-refractivity contribution is 6.42. The van der Waals surface area contributed by atoms with Gasteiger partial charge in [0.2, 0.25) is 0 Å². The summed E-state index contributed by atoms with van der Waals surface area (Å²) in [6.45, 7) is 1.95. The molecular formula is C25H20Cl2N4O3. The third-order valence-electron chi connectivity index (χ3n) is 5.18. The van der Waals surface area contributed by atoms with Crippen LogP contribution in [0.25, 0.3) is 10.9 Å². The molecule has 3 aromatic carbocycles. The quantitative estimate of drug-likeness (QED) is 0.321. The third kappa shape index (κ3) is 4.90. The number of para-hydroxylation sites is 2. The predicted molar refractivity (Wildman–Crippen MR) is 135 cm³/mol. The van der Waals surface area contributed by atoms with E-state index >= 15 is 0 Å². The molecule has 1 aromatic heterocycles. The van der Waals surface area contributed by atoms with Crippen molar-refractivity contribution in [3.8, 4) is 0 Å². The molecule has 0 aliphatic carbocycles. The molecule has 0 fully saturated rings. The SMILES string of the molecule is CCc1ccccc1NC(=O)C(=O)Nn1c(C(=O)Nc2ccccc2Cl)cc2cc(Cl)ccc21. The van der Waals surface area contributed by atoms with Gasteiger partial charge in [-0.1, -0.05) is 60.5 Å². The molecule has 4 rings (SSSR count). The molecule has 4 aromatic rings. The van der Waals surface area contributed by atoms with Gasteiger partial charge < -0.3 is 10.6 Å². The van der Waals surface area contributed by atoms with Crippen molar-refractivity contribution in [1.29, 1.82) is 0 Å². The molecule has 0 saturated heterocycles. The lowest BCUT2D eigenvalue weighted by atomic mass is 10.1. The number of nitrogens with zero attached hydrogens (tertiary/aromatic N) is 1. The van der Waals surface area contributed by atoms with E-state index in [-0.39, 0.29) is 5.69 Å². The highest BCUT2D eigenvalue weighted by Crippen LogP contribution is 2.25. The second kappa shape index (κ2) is 9.99. The number of amides is 3. The maximum atomic E-state index is 13.1. The Hall–Kier alpha value is -3.81. The van der Waals surface area contributed by atoms with Crippen molar-refractivity contribution in [3.63, 3.8) is 0 Å². The minimum absolute atomic E-state index is 0.0901. The Labute approximate surface area is 205 Å². The van der Waals surface area contributed by atoms with E-state index in [1.54, 1.807) is 60.7 Å².